The van der Waals surface area contributed by atoms with Crippen molar-refractivity contribution in [3.63, 3.8) is 0 Å². The smallest absolute Gasteiger partial charge is 0.239 e. The van der Waals surface area contributed by atoms with Crippen LogP contribution in [-0.2, 0) is 16.1 Å². The highest BCUT2D eigenvalue weighted by molar-refractivity contribution is 5.85. The van der Waals surface area contributed by atoms with Gasteiger partial charge in [0.05, 0.1) is 12.6 Å². The number of nitrogens with zero attached hydrogens (tertiary/aromatic N) is 2. The topological polar surface area (TPSA) is 64.7 Å². The molecule has 2 fully saturated rings. The second-order valence-electron chi connectivity index (χ2n) is 6.87. The van der Waals surface area contributed by atoms with Gasteiger partial charge in [0, 0.05) is 32.7 Å². The maximum Gasteiger partial charge on any atom is 0.239 e. The van der Waals surface area contributed by atoms with E-state index in [1.165, 1.54) is 0 Å². The van der Waals surface area contributed by atoms with Gasteiger partial charge >= 0.3 is 0 Å². The van der Waals surface area contributed by atoms with E-state index in [0.717, 1.165) is 44.5 Å². The van der Waals surface area contributed by atoms with Crippen LogP contribution in [0.1, 0.15) is 24.8 Å². The van der Waals surface area contributed by atoms with Gasteiger partial charge in [-0.1, -0.05) is 36.8 Å². The van der Waals surface area contributed by atoms with Gasteiger partial charge < -0.3 is 15.5 Å². The lowest BCUT2D eigenvalue weighted by Gasteiger charge is -2.37. The summed E-state index contributed by atoms with van der Waals surface area (Å²) in [5.41, 5.74) is 1.10. The van der Waals surface area contributed by atoms with Gasteiger partial charge in [-0.2, -0.15) is 0 Å². The zero-order valence-electron chi connectivity index (χ0n) is 15.6. The summed E-state index contributed by atoms with van der Waals surface area (Å²) in [5.74, 6) is 0.269. The van der Waals surface area contributed by atoms with Gasteiger partial charge in [0.25, 0.3) is 0 Å². The van der Waals surface area contributed by atoms with Gasteiger partial charge in [-0.25, -0.2) is 0 Å². The summed E-state index contributed by atoms with van der Waals surface area (Å²) in [6.07, 6.45) is 3.24. The lowest BCUT2D eigenvalue weighted by atomic mass is 10.0. The Labute approximate surface area is 173 Å². The van der Waals surface area contributed by atoms with Crippen LogP contribution in [-0.4, -0.2) is 66.9 Å². The summed E-state index contributed by atoms with van der Waals surface area (Å²) < 4.78 is 0. The van der Waals surface area contributed by atoms with E-state index in [2.05, 4.69) is 15.5 Å². The molecule has 2 amide bonds. The Hall–Kier alpha value is -1.34. The number of carbonyl (C=O) groups is 2. The van der Waals surface area contributed by atoms with Crippen LogP contribution >= 0.6 is 24.8 Å². The minimum atomic E-state index is -0.00512. The maximum atomic E-state index is 12.5. The van der Waals surface area contributed by atoms with Crippen LogP contribution in [0.5, 0.6) is 0 Å². The first-order chi connectivity index (χ1) is 12.2. The van der Waals surface area contributed by atoms with Crippen molar-refractivity contribution < 1.29 is 9.59 Å². The zero-order valence-corrected chi connectivity index (χ0v) is 17.2. The van der Waals surface area contributed by atoms with Gasteiger partial charge in [-0.3, -0.25) is 14.5 Å². The van der Waals surface area contributed by atoms with Crippen molar-refractivity contribution in [2.24, 2.45) is 0 Å². The number of hydrogen-bond acceptors (Lipinski definition) is 4. The number of hydrogen-bond donors (Lipinski definition) is 2. The van der Waals surface area contributed by atoms with Crippen LogP contribution in [0.4, 0.5) is 0 Å². The molecular weight excluding hydrogens is 387 g/mol. The second kappa shape index (κ2) is 12.2. The number of piperazine rings is 1. The number of carbonyl (C=O) groups excluding carboxylic acids is 2. The first kappa shape index (κ1) is 23.7. The van der Waals surface area contributed by atoms with Crippen molar-refractivity contribution in [2.45, 2.75) is 31.8 Å². The van der Waals surface area contributed by atoms with Crippen LogP contribution in [0.3, 0.4) is 0 Å². The molecule has 1 aromatic carbocycles. The largest absolute Gasteiger partial charge is 0.351 e. The van der Waals surface area contributed by atoms with Crippen molar-refractivity contribution in [3.8, 4) is 0 Å². The predicted octanol–water partition coefficient (Wildman–Crippen LogP) is 1.43. The van der Waals surface area contributed by atoms with Gasteiger partial charge in [0.2, 0.25) is 11.8 Å². The first-order valence-corrected chi connectivity index (χ1v) is 9.27. The molecule has 8 heteroatoms. The molecule has 1 atom stereocenters. The monoisotopic (exact) mass is 416 g/mol. The molecule has 0 aliphatic carbocycles. The molecule has 2 N–H and O–H groups in total. The number of piperidine rings is 1. The molecule has 2 saturated heterocycles. The summed E-state index contributed by atoms with van der Waals surface area (Å²) >= 11 is 0. The van der Waals surface area contributed by atoms with Gasteiger partial charge in [-0.15, -0.1) is 24.8 Å². The van der Waals surface area contributed by atoms with E-state index < -0.39 is 0 Å². The number of benzene rings is 1. The molecule has 152 valence electrons. The SMILES string of the molecule is Cl.Cl.O=C(CN1CCN(C(=O)C2CCCCN2)CC1)NCc1ccccc1. The molecule has 0 bridgehead atoms. The van der Waals surface area contributed by atoms with Crippen LogP contribution in [0, 0.1) is 0 Å². The Morgan fingerprint density at radius 3 is 2.37 bits per heavy atom. The van der Waals surface area contributed by atoms with Crippen LogP contribution < -0.4 is 10.6 Å². The summed E-state index contributed by atoms with van der Waals surface area (Å²) in [6, 6.07) is 9.91. The number of rotatable bonds is 5. The molecule has 2 heterocycles. The molecule has 3 rings (SSSR count). The Balaban J connectivity index is 0.00000182. The molecule has 0 aromatic heterocycles. The lowest BCUT2D eigenvalue weighted by Crippen LogP contribution is -2.56. The normalized spacial score (nSPS) is 20.1. The van der Waals surface area contributed by atoms with E-state index in [1.807, 2.05) is 35.2 Å². The highest BCUT2D eigenvalue weighted by Crippen LogP contribution is 2.11. The molecule has 6 nitrogen and oxygen atoms in total. The van der Waals surface area contributed by atoms with Crippen LogP contribution in [0.15, 0.2) is 30.3 Å². The van der Waals surface area contributed by atoms with Crippen molar-refractivity contribution in [1.29, 1.82) is 0 Å². The molecule has 1 unspecified atom stereocenters. The molecule has 27 heavy (non-hydrogen) atoms. The molecule has 2 aliphatic rings. The molecule has 0 saturated carbocycles. The van der Waals surface area contributed by atoms with Crippen molar-refractivity contribution in [3.05, 3.63) is 35.9 Å². The van der Waals surface area contributed by atoms with Crippen LogP contribution in [0.2, 0.25) is 0 Å². The van der Waals surface area contributed by atoms with E-state index in [4.69, 9.17) is 0 Å². The minimum absolute atomic E-state index is 0. The summed E-state index contributed by atoms with van der Waals surface area (Å²) in [7, 11) is 0. The number of nitrogens with one attached hydrogen (secondary N) is 2. The summed E-state index contributed by atoms with van der Waals surface area (Å²) in [6.45, 7) is 4.85. The molecule has 0 radical (unpaired) electrons. The van der Waals surface area contributed by atoms with Gasteiger partial charge in [-0.05, 0) is 24.9 Å². The highest BCUT2D eigenvalue weighted by atomic mass is 35.5. The summed E-state index contributed by atoms with van der Waals surface area (Å²) in [5, 5.41) is 6.28. The summed E-state index contributed by atoms with van der Waals surface area (Å²) in [4.78, 5) is 28.7. The maximum absolute atomic E-state index is 12.5. The predicted molar refractivity (Wildman–Crippen MR) is 111 cm³/mol. The average molecular weight is 417 g/mol. The third kappa shape index (κ3) is 7.30. The highest BCUT2D eigenvalue weighted by Gasteiger charge is 2.28. The second-order valence-corrected chi connectivity index (χ2v) is 6.87. The van der Waals surface area contributed by atoms with Gasteiger partial charge in [0.15, 0.2) is 0 Å². The zero-order chi connectivity index (χ0) is 17.5. The first-order valence-electron chi connectivity index (χ1n) is 9.27. The van der Waals surface area contributed by atoms with Crippen molar-refractivity contribution >= 4 is 36.6 Å². The van der Waals surface area contributed by atoms with E-state index in [1.54, 1.807) is 0 Å². The molecular formula is C19H30Cl2N4O2. The van der Waals surface area contributed by atoms with Crippen molar-refractivity contribution in [1.82, 2.24) is 20.4 Å². The Morgan fingerprint density at radius 2 is 1.74 bits per heavy atom. The van der Waals surface area contributed by atoms with E-state index in [0.29, 0.717) is 26.2 Å². The van der Waals surface area contributed by atoms with E-state index in [-0.39, 0.29) is 42.7 Å². The Morgan fingerprint density at radius 1 is 1.04 bits per heavy atom. The van der Waals surface area contributed by atoms with E-state index in [9.17, 15) is 9.59 Å². The average Bonchev–Trinajstić information content (AvgIpc) is 2.68. The Bertz CT molecular complexity index is 574. The third-order valence-corrected chi connectivity index (χ3v) is 4.99. The number of amides is 2. The lowest BCUT2D eigenvalue weighted by molar-refractivity contribution is -0.136. The fourth-order valence-electron chi connectivity index (χ4n) is 3.46. The molecule has 1 aromatic rings. The van der Waals surface area contributed by atoms with Gasteiger partial charge in [0.1, 0.15) is 0 Å². The fourth-order valence-corrected chi connectivity index (χ4v) is 3.46. The van der Waals surface area contributed by atoms with E-state index >= 15 is 0 Å². The third-order valence-electron chi connectivity index (χ3n) is 4.99. The quantitative estimate of drug-likeness (QED) is 0.761. The fraction of sp³-hybridized carbons (Fsp3) is 0.579. The van der Waals surface area contributed by atoms with Crippen molar-refractivity contribution in [2.75, 3.05) is 39.3 Å². The number of halogens is 2. The minimum Gasteiger partial charge on any atom is -0.351 e. The standard InChI is InChI=1S/C19H28N4O2.2ClH/c24-18(21-14-16-6-2-1-3-7-16)15-22-10-12-23(13-11-22)19(25)17-8-4-5-9-20-17;;/h1-3,6-7,17,20H,4-5,8-15H2,(H,21,24);2*1H. The molecule has 2 aliphatic heterocycles. The molecule has 0 spiro atoms. The van der Waals surface area contributed by atoms with Crippen LogP contribution in [0.25, 0.3) is 0 Å². The Kier molecular flexibility index (Phi) is 10.7.